The van der Waals surface area contributed by atoms with E-state index in [-0.39, 0.29) is 24.1 Å². The van der Waals surface area contributed by atoms with Gasteiger partial charge in [-0.05, 0) is 42.0 Å². The smallest absolute Gasteiger partial charge is 0.366 e. The summed E-state index contributed by atoms with van der Waals surface area (Å²) in [6.45, 7) is -0.364. The van der Waals surface area contributed by atoms with E-state index in [9.17, 15) is 31.1 Å². The molecule has 0 unspecified atom stereocenters. The van der Waals surface area contributed by atoms with Gasteiger partial charge >= 0.3 is 12.4 Å². The predicted molar refractivity (Wildman–Crippen MR) is 99.8 cm³/mol. The molecule has 31 heavy (non-hydrogen) atoms. The third-order valence-electron chi connectivity index (χ3n) is 4.22. The highest BCUT2D eigenvalue weighted by Gasteiger charge is 2.36. The molecule has 5 nitrogen and oxygen atoms in total. The number of alkyl halides is 6. The Morgan fingerprint density at radius 2 is 1.48 bits per heavy atom. The maximum Gasteiger partial charge on any atom is 0.416 e. The summed E-state index contributed by atoms with van der Waals surface area (Å²) < 4.78 is 77.9. The van der Waals surface area contributed by atoms with Gasteiger partial charge in [-0.1, -0.05) is 12.1 Å². The molecule has 1 heterocycles. The number of amides is 1. The van der Waals surface area contributed by atoms with Crippen molar-refractivity contribution in [1.82, 2.24) is 9.97 Å². The van der Waals surface area contributed by atoms with Gasteiger partial charge in [0.25, 0.3) is 0 Å². The second-order valence-corrected chi connectivity index (χ2v) is 6.47. The van der Waals surface area contributed by atoms with Crippen molar-refractivity contribution in [2.24, 2.45) is 5.73 Å². The quantitative estimate of drug-likeness (QED) is 0.554. The Labute approximate surface area is 171 Å². The summed E-state index contributed by atoms with van der Waals surface area (Å²) in [6, 6.07) is 9.06. The van der Waals surface area contributed by atoms with E-state index in [1.165, 1.54) is 18.3 Å². The molecular weight excluding hydrogens is 426 g/mol. The molecule has 0 bridgehead atoms. The van der Waals surface area contributed by atoms with Crippen molar-refractivity contribution >= 4 is 11.9 Å². The molecule has 0 aliphatic heterocycles. The molecule has 0 atom stereocenters. The molecule has 1 aromatic heterocycles. The van der Waals surface area contributed by atoms with Gasteiger partial charge in [-0.3, -0.25) is 4.79 Å². The van der Waals surface area contributed by atoms with Crippen LogP contribution in [0.15, 0.2) is 54.7 Å². The molecule has 3 rings (SSSR count). The van der Waals surface area contributed by atoms with Crippen LogP contribution in [0.5, 0.6) is 0 Å². The van der Waals surface area contributed by atoms with Crippen molar-refractivity contribution in [2.45, 2.75) is 18.9 Å². The molecule has 0 fully saturated rings. The minimum absolute atomic E-state index is 0.00227. The van der Waals surface area contributed by atoms with E-state index in [4.69, 9.17) is 5.73 Å². The lowest BCUT2D eigenvalue weighted by Crippen LogP contribution is -2.13. The highest BCUT2D eigenvalue weighted by molar-refractivity contribution is 5.93. The van der Waals surface area contributed by atoms with Gasteiger partial charge in [0, 0.05) is 23.9 Å². The predicted octanol–water partition coefficient (Wildman–Crippen LogP) is 4.89. The molecule has 2 aromatic carbocycles. The van der Waals surface area contributed by atoms with E-state index in [2.05, 4.69) is 15.3 Å². The van der Waals surface area contributed by atoms with Gasteiger partial charge < -0.3 is 11.1 Å². The number of primary amides is 1. The summed E-state index contributed by atoms with van der Waals surface area (Å²) in [7, 11) is 0. The summed E-state index contributed by atoms with van der Waals surface area (Å²) in [4.78, 5) is 19.3. The monoisotopic (exact) mass is 440 g/mol. The van der Waals surface area contributed by atoms with Crippen LogP contribution in [0.4, 0.5) is 32.3 Å². The summed E-state index contributed by atoms with van der Waals surface area (Å²) in [6.07, 6.45) is -8.48. The lowest BCUT2D eigenvalue weighted by molar-refractivity contribution is -0.143. The Bertz CT molecular complexity index is 1060. The molecule has 3 aromatic rings. The lowest BCUT2D eigenvalue weighted by Gasteiger charge is -2.14. The number of rotatable bonds is 5. The van der Waals surface area contributed by atoms with Gasteiger partial charge in [0.15, 0.2) is 0 Å². The van der Waals surface area contributed by atoms with Gasteiger partial charge in [-0.25, -0.2) is 9.97 Å². The van der Waals surface area contributed by atoms with Crippen molar-refractivity contribution in [1.29, 1.82) is 0 Å². The Kier molecular flexibility index (Phi) is 5.87. The highest BCUT2D eigenvalue weighted by Crippen LogP contribution is 2.36. The van der Waals surface area contributed by atoms with E-state index >= 15 is 0 Å². The molecule has 162 valence electrons. The van der Waals surface area contributed by atoms with Crippen LogP contribution < -0.4 is 11.1 Å². The van der Waals surface area contributed by atoms with Crippen molar-refractivity contribution < 1.29 is 31.1 Å². The molecule has 0 spiro atoms. The molecule has 3 N–H and O–H groups in total. The van der Waals surface area contributed by atoms with Gasteiger partial charge in [-0.2, -0.15) is 26.3 Å². The number of nitrogens with zero attached hydrogens (tertiary/aromatic N) is 2. The number of nitrogens with one attached hydrogen (secondary N) is 1. The van der Waals surface area contributed by atoms with E-state index in [0.717, 1.165) is 0 Å². The molecule has 0 aliphatic rings. The Morgan fingerprint density at radius 3 is 2.00 bits per heavy atom. The number of nitrogens with two attached hydrogens (primary N) is 1. The second kappa shape index (κ2) is 8.25. The number of hydrogen-bond donors (Lipinski definition) is 2. The van der Waals surface area contributed by atoms with Crippen LogP contribution in [0.3, 0.4) is 0 Å². The van der Waals surface area contributed by atoms with Gasteiger partial charge in [0.1, 0.15) is 0 Å². The Balaban J connectivity index is 1.83. The summed E-state index contributed by atoms with van der Waals surface area (Å²) in [5.74, 6) is -0.599. The van der Waals surface area contributed by atoms with Crippen LogP contribution in [0.25, 0.3) is 11.3 Å². The van der Waals surface area contributed by atoms with Gasteiger partial charge in [-0.15, -0.1) is 0 Å². The highest BCUT2D eigenvalue weighted by atomic mass is 19.4. The molecular formula is C20H14F6N4O. The second-order valence-electron chi connectivity index (χ2n) is 6.47. The average molecular weight is 440 g/mol. The summed E-state index contributed by atoms with van der Waals surface area (Å²) in [5, 5.41) is 2.63. The summed E-state index contributed by atoms with van der Waals surface area (Å²) >= 11 is 0. The standard InChI is InChI=1S/C20H14F6N4O/c21-19(22,23)14-7-11(8-15(9-14)20(24,25)26)10-29-18-28-6-5-16(30-18)12-1-3-13(4-2-12)17(27)31/h1-9H,10H2,(H2,27,31)(H,28,29,30). The topological polar surface area (TPSA) is 80.9 Å². The molecule has 0 radical (unpaired) electrons. The Hall–Kier alpha value is -3.63. The van der Waals surface area contributed by atoms with Crippen LogP contribution in [-0.4, -0.2) is 15.9 Å². The molecule has 0 aliphatic carbocycles. The first-order chi connectivity index (χ1) is 14.4. The van der Waals surface area contributed by atoms with Crippen LogP contribution in [0.2, 0.25) is 0 Å². The number of carbonyl (C=O) groups excluding carboxylic acids is 1. The van der Waals surface area contributed by atoms with Crippen LogP contribution in [0.1, 0.15) is 27.0 Å². The number of carbonyl (C=O) groups is 1. The molecule has 0 saturated heterocycles. The first-order valence-electron chi connectivity index (χ1n) is 8.69. The van der Waals surface area contributed by atoms with Crippen molar-refractivity contribution in [2.75, 3.05) is 5.32 Å². The molecule has 11 heteroatoms. The van der Waals surface area contributed by atoms with E-state index in [0.29, 0.717) is 29.0 Å². The SMILES string of the molecule is NC(=O)c1ccc(-c2ccnc(NCc3cc(C(F)(F)F)cc(C(F)(F)F)c3)n2)cc1. The first-order valence-corrected chi connectivity index (χ1v) is 8.69. The summed E-state index contributed by atoms with van der Waals surface area (Å²) in [5.41, 5.74) is 3.47. The third-order valence-corrected chi connectivity index (χ3v) is 4.22. The van der Waals surface area contributed by atoms with Gasteiger partial charge in [0.05, 0.1) is 16.8 Å². The Morgan fingerprint density at radius 1 is 0.903 bits per heavy atom. The number of halogens is 6. The maximum absolute atomic E-state index is 13.0. The zero-order chi connectivity index (χ0) is 22.8. The third kappa shape index (κ3) is 5.50. The normalized spacial score (nSPS) is 11.9. The minimum Gasteiger partial charge on any atom is -0.366 e. The first kappa shape index (κ1) is 22.1. The fraction of sp³-hybridized carbons (Fsp3) is 0.150. The maximum atomic E-state index is 13.0. The number of benzene rings is 2. The largest absolute Gasteiger partial charge is 0.416 e. The number of anilines is 1. The van der Waals surface area contributed by atoms with Crippen LogP contribution in [-0.2, 0) is 18.9 Å². The number of aromatic nitrogens is 2. The number of hydrogen-bond acceptors (Lipinski definition) is 4. The fourth-order valence-corrected chi connectivity index (χ4v) is 2.71. The van der Waals surface area contributed by atoms with E-state index in [1.807, 2.05) is 0 Å². The van der Waals surface area contributed by atoms with Crippen LogP contribution in [0, 0.1) is 0 Å². The molecule has 1 amide bonds. The van der Waals surface area contributed by atoms with Crippen molar-refractivity contribution in [3.05, 3.63) is 77.0 Å². The average Bonchev–Trinajstić information content (AvgIpc) is 2.71. The lowest BCUT2D eigenvalue weighted by atomic mass is 10.0. The van der Waals surface area contributed by atoms with Crippen LogP contribution >= 0.6 is 0 Å². The van der Waals surface area contributed by atoms with Crippen molar-refractivity contribution in [3.8, 4) is 11.3 Å². The zero-order valence-electron chi connectivity index (χ0n) is 15.6. The minimum atomic E-state index is -4.93. The fourth-order valence-electron chi connectivity index (χ4n) is 2.71. The van der Waals surface area contributed by atoms with E-state index < -0.39 is 29.4 Å². The van der Waals surface area contributed by atoms with Gasteiger partial charge in [0.2, 0.25) is 11.9 Å². The van der Waals surface area contributed by atoms with E-state index in [1.54, 1.807) is 18.2 Å². The van der Waals surface area contributed by atoms with Crippen molar-refractivity contribution in [3.63, 3.8) is 0 Å². The zero-order valence-corrected chi connectivity index (χ0v) is 15.6. The molecule has 0 saturated carbocycles.